The van der Waals surface area contributed by atoms with E-state index in [1.807, 2.05) is 42.9 Å². The van der Waals surface area contributed by atoms with E-state index < -0.39 is 0 Å². The molecule has 8 heteroatoms. The molecule has 3 rings (SSSR count). The summed E-state index contributed by atoms with van der Waals surface area (Å²) in [5, 5.41) is 0.682. The van der Waals surface area contributed by atoms with E-state index in [0.717, 1.165) is 12.1 Å². The van der Waals surface area contributed by atoms with Crippen molar-refractivity contribution >= 4 is 35.0 Å². The number of carbonyl (C=O) groups is 2. The number of nitrogens with zero attached hydrogens (tertiary/aromatic N) is 3. The van der Waals surface area contributed by atoms with Gasteiger partial charge in [-0.2, -0.15) is 0 Å². The van der Waals surface area contributed by atoms with Gasteiger partial charge < -0.3 is 18.8 Å². The van der Waals surface area contributed by atoms with Crippen LogP contribution in [0.3, 0.4) is 0 Å². The lowest BCUT2D eigenvalue weighted by atomic mass is 10.2. The molecule has 3 aromatic rings. The summed E-state index contributed by atoms with van der Waals surface area (Å²) in [5.41, 5.74) is 1.38. The summed E-state index contributed by atoms with van der Waals surface area (Å²) in [5.74, 6) is 0.255. The lowest BCUT2D eigenvalue weighted by Gasteiger charge is -2.27. The van der Waals surface area contributed by atoms with Crippen molar-refractivity contribution in [3.8, 4) is 0 Å². The third kappa shape index (κ3) is 5.93. The van der Waals surface area contributed by atoms with Crippen LogP contribution in [0.4, 0.5) is 0 Å². The van der Waals surface area contributed by atoms with E-state index in [4.69, 9.17) is 27.6 Å². The van der Waals surface area contributed by atoms with Gasteiger partial charge in [0, 0.05) is 31.0 Å². The average molecular weight is 462 g/mol. The van der Waals surface area contributed by atoms with Gasteiger partial charge in [0.2, 0.25) is 5.91 Å². The molecule has 0 aliphatic carbocycles. The molecule has 0 saturated heterocycles. The summed E-state index contributed by atoms with van der Waals surface area (Å²) in [6.45, 7) is 3.09. The zero-order valence-corrected chi connectivity index (χ0v) is 19.1. The molecule has 164 valence electrons. The first kappa shape index (κ1) is 23.0. The van der Waals surface area contributed by atoms with Crippen molar-refractivity contribution in [3.05, 3.63) is 82.0 Å². The first-order valence-electron chi connectivity index (χ1n) is 10.0. The molecule has 0 fully saturated rings. The average Bonchev–Trinajstić information content (AvgIpc) is 3.40. The predicted octanol–water partition coefficient (Wildman–Crippen LogP) is 5.01. The van der Waals surface area contributed by atoms with Crippen LogP contribution in [0.1, 0.15) is 35.2 Å². The van der Waals surface area contributed by atoms with Crippen molar-refractivity contribution in [1.82, 2.24) is 14.4 Å². The van der Waals surface area contributed by atoms with E-state index in [1.165, 1.54) is 6.07 Å². The number of aryl methyl sites for hydroxylation is 1. The number of carbonyl (C=O) groups excluding carboxylic acids is 2. The Bertz CT molecular complexity index is 1030. The lowest BCUT2D eigenvalue weighted by Crippen LogP contribution is -2.43. The van der Waals surface area contributed by atoms with Gasteiger partial charge >= 0.3 is 0 Å². The Morgan fingerprint density at radius 3 is 2.45 bits per heavy atom. The fourth-order valence-electron chi connectivity index (χ4n) is 3.28. The van der Waals surface area contributed by atoms with Crippen molar-refractivity contribution in [2.45, 2.75) is 26.4 Å². The molecular formula is C23H25Cl2N3O3. The number of halogens is 2. The second-order valence-electron chi connectivity index (χ2n) is 7.30. The number of furan rings is 1. The molecule has 0 radical (unpaired) electrons. The van der Waals surface area contributed by atoms with Gasteiger partial charge in [-0.05, 0) is 48.9 Å². The van der Waals surface area contributed by atoms with E-state index in [-0.39, 0.29) is 18.4 Å². The van der Waals surface area contributed by atoms with Gasteiger partial charge in [0.15, 0.2) is 0 Å². The Morgan fingerprint density at radius 1 is 1.03 bits per heavy atom. The molecule has 6 nitrogen and oxygen atoms in total. The highest BCUT2D eigenvalue weighted by molar-refractivity contribution is 6.42. The van der Waals surface area contributed by atoms with E-state index in [2.05, 4.69) is 0 Å². The Morgan fingerprint density at radius 2 is 1.84 bits per heavy atom. The monoisotopic (exact) mass is 461 g/mol. The van der Waals surface area contributed by atoms with Crippen LogP contribution >= 0.6 is 23.2 Å². The molecule has 1 aromatic carbocycles. The van der Waals surface area contributed by atoms with Gasteiger partial charge in [0.1, 0.15) is 12.3 Å². The number of benzene rings is 1. The van der Waals surface area contributed by atoms with Crippen LogP contribution in [-0.2, 0) is 24.9 Å². The number of rotatable bonds is 9. The Labute approximate surface area is 191 Å². The standard InChI is InChI=1S/C23H25Cl2N3O3/c1-3-10-27(23(30)17-8-9-20(24)21(25)13-17)16-22(29)28(15-19-7-5-12-31-19)14-18-6-4-11-26(18)2/h4-9,11-13H,3,10,14-16H2,1-2H3. The van der Waals surface area contributed by atoms with E-state index in [9.17, 15) is 9.59 Å². The van der Waals surface area contributed by atoms with Crippen LogP contribution in [0.15, 0.2) is 59.3 Å². The molecule has 0 aliphatic rings. The van der Waals surface area contributed by atoms with Crippen LogP contribution in [0, 0.1) is 0 Å². The quantitative estimate of drug-likeness (QED) is 0.450. The van der Waals surface area contributed by atoms with E-state index >= 15 is 0 Å². The highest BCUT2D eigenvalue weighted by Gasteiger charge is 2.23. The number of hydrogen-bond donors (Lipinski definition) is 0. The highest BCUT2D eigenvalue weighted by atomic mass is 35.5. The molecule has 0 bridgehead atoms. The zero-order chi connectivity index (χ0) is 22.4. The predicted molar refractivity (Wildman–Crippen MR) is 121 cm³/mol. The first-order valence-corrected chi connectivity index (χ1v) is 10.8. The van der Waals surface area contributed by atoms with Gasteiger partial charge in [-0.15, -0.1) is 0 Å². The van der Waals surface area contributed by atoms with Gasteiger partial charge in [-0.25, -0.2) is 0 Å². The van der Waals surface area contributed by atoms with Gasteiger partial charge in [0.05, 0.1) is 29.4 Å². The zero-order valence-electron chi connectivity index (χ0n) is 17.6. The van der Waals surface area contributed by atoms with Gasteiger partial charge in [-0.1, -0.05) is 30.1 Å². The molecule has 31 heavy (non-hydrogen) atoms. The van der Waals surface area contributed by atoms with Crippen molar-refractivity contribution in [2.75, 3.05) is 13.1 Å². The minimum Gasteiger partial charge on any atom is -0.467 e. The molecule has 0 N–H and O–H groups in total. The van der Waals surface area contributed by atoms with Crippen molar-refractivity contribution in [3.63, 3.8) is 0 Å². The van der Waals surface area contributed by atoms with Gasteiger partial charge in [0.25, 0.3) is 5.91 Å². The first-order chi connectivity index (χ1) is 14.9. The summed E-state index contributed by atoms with van der Waals surface area (Å²) in [4.78, 5) is 29.6. The molecule has 0 unspecified atom stereocenters. The Balaban J connectivity index is 1.79. The van der Waals surface area contributed by atoms with Crippen molar-refractivity contribution < 1.29 is 14.0 Å². The minimum absolute atomic E-state index is 0.0436. The molecule has 2 amide bonds. The molecule has 2 aromatic heterocycles. The molecule has 2 heterocycles. The van der Waals surface area contributed by atoms with Gasteiger partial charge in [-0.3, -0.25) is 9.59 Å². The summed E-state index contributed by atoms with van der Waals surface area (Å²) in [6, 6.07) is 12.3. The number of aromatic nitrogens is 1. The lowest BCUT2D eigenvalue weighted by molar-refractivity contribution is -0.133. The van der Waals surface area contributed by atoms with Crippen LogP contribution in [0.2, 0.25) is 10.0 Å². The Kier molecular flexibility index (Phi) is 7.82. The fourth-order valence-corrected chi connectivity index (χ4v) is 3.57. The molecule has 0 atom stereocenters. The molecule has 0 aliphatic heterocycles. The number of amides is 2. The maximum atomic E-state index is 13.3. The number of hydrogen-bond acceptors (Lipinski definition) is 3. The fraction of sp³-hybridized carbons (Fsp3) is 0.304. The normalized spacial score (nSPS) is 10.8. The van der Waals surface area contributed by atoms with Crippen LogP contribution in [0.25, 0.3) is 0 Å². The third-order valence-electron chi connectivity index (χ3n) is 4.96. The largest absolute Gasteiger partial charge is 0.467 e. The van der Waals surface area contributed by atoms with Crippen LogP contribution in [0.5, 0.6) is 0 Å². The third-order valence-corrected chi connectivity index (χ3v) is 5.70. The molecule has 0 spiro atoms. The highest BCUT2D eigenvalue weighted by Crippen LogP contribution is 2.23. The molecule has 0 saturated carbocycles. The summed E-state index contributed by atoms with van der Waals surface area (Å²) >= 11 is 12.1. The van der Waals surface area contributed by atoms with Crippen molar-refractivity contribution in [1.29, 1.82) is 0 Å². The van der Waals surface area contributed by atoms with Crippen molar-refractivity contribution in [2.24, 2.45) is 7.05 Å². The smallest absolute Gasteiger partial charge is 0.254 e. The Hall–Kier alpha value is -2.70. The topological polar surface area (TPSA) is 58.7 Å². The SMILES string of the molecule is CCCN(CC(=O)N(Cc1ccco1)Cc1cccn1C)C(=O)c1ccc(Cl)c(Cl)c1. The minimum atomic E-state index is -0.259. The maximum absolute atomic E-state index is 13.3. The molecular weight excluding hydrogens is 437 g/mol. The second kappa shape index (κ2) is 10.6. The van der Waals surface area contributed by atoms with E-state index in [0.29, 0.717) is 41.0 Å². The maximum Gasteiger partial charge on any atom is 0.254 e. The van der Waals surface area contributed by atoms with Crippen LogP contribution in [-0.4, -0.2) is 39.3 Å². The van der Waals surface area contributed by atoms with E-state index in [1.54, 1.807) is 34.3 Å². The second-order valence-corrected chi connectivity index (χ2v) is 8.11. The summed E-state index contributed by atoms with van der Waals surface area (Å²) < 4.78 is 7.41. The summed E-state index contributed by atoms with van der Waals surface area (Å²) in [6.07, 6.45) is 4.23. The summed E-state index contributed by atoms with van der Waals surface area (Å²) in [7, 11) is 1.93. The van der Waals surface area contributed by atoms with Crippen LogP contribution < -0.4 is 0 Å².